The van der Waals surface area contributed by atoms with Crippen molar-refractivity contribution in [2.24, 2.45) is 7.05 Å². The Labute approximate surface area is 164 Å². The molecular formula is C19H18F2N4O2S. The number of para-hydroxylation sites is 1. The van der Waals surface area contributed by atoms with Gasteiger partial charge in [0.05, 0.1) is 12.4 Å². The van der Waals surface area contributed by atoms with Crippen LogP contribution in [0.1, 0.15) is 6.92 Å². The number of hydrogen-bond acceptors (Lipinski definition) is 5. The van der Waals surface area contributed by atoms with Crippen molar-refractivity contribution in [3.63, 3.8) is 0 Å². The standard InChI is InChI=1S/C19H18F2N4O2S/c1-11(18(26)22-16-14(20)5-4-6-15(16)21)28-19-24-23-17(25(19)2)12-7-9-13(27-3)10-8-12/h4-11H,1-3H3,(H,22,26)/t11-/m0/s1. The van der Waals surface area contributed by atoms with Crippen LogP contribution in [0.4, 0.5) is 14.5 Å². The van der Waals surface area contributed by atoms with Crippen molar-refractivity contribution in [2.75, 3.05) is 12.4 Å². The number of amides is 1. The molecule has 0 aliphatic rings. The molecule has 0 spiro atoms. The fraction of sp³-hybridized carbons (Fsp3) is 0.211. The zero-order valence-electron chi connectivity index (χ0n) is 15.4. The number of nitrogens with zero attached hydrogens (tertiary/aromatic N) is 3. The Morgan fingerprint density at radius 1 is 1.14 bits per heavy atom. The number of thioether (sulfide) groups is 1. The number of hydrogen-bond donors (Lipinski definition) is 1. The van der Waals surface area contributed by atoms with E-state index in [-0.39, 0.29) is 0 Å². The van der Waals surface area contributed by atoms with Crippen molar-refractivity contribution < 1.29 is 18.3 Å². The molecule has 9 heteroatoms. The summed E-state index contributed by atoms with van der Waals surface area (Å²) < 4.78 is 34.3. The summed E-state index contributed by atoms with van der Waals surface area (Å²) in [4.78, 5) is 12.3. The van der Waals surface area contributed by atoms with Crippen LogP contribution in [0.5, 0.6) is 5.75 Å². The average Bonchev–Trinajstić information content (AvgIpc) is 3.05. The molecule has 1 N–H and O–H groups in total. The van der Waals surface area contributed by atoms with Gasteiger partial charge in [0.25, 0.3) is 0 Å². The molecule has 0 aliphatic carbocycles. The van der Waals surface area contributed by atoms with Gasteiger partial charge in [-0.3, -0.25) is 4.79 Å². The van der Waals surface area contributed by atoms with Gasteiger partial charge in [-0.05, 0) is 43.3 Å². The van der Waals surface area contributed by atoms with Crippen LogP contribution in [-0.4, -0.2) is 33.0 Å². The number of aromatic nitrogens is 3. The molecule has 2 aromatic carbocycles. The topological polar surface area (TPSA) is 69.0 Å². The number of ether oxygens (including phenoxy) is 1. The van der Waals surface area contributed by atoms with Crippen LogP contribution in [0.3, 0.4) is 0 Å². The summed E-state index contributed by atoms with van der Waals surface area (Å²) in [6.45, 7) is 1.63. The number of halogens is 2. The number of anilines is 1. The molecule has 0 saturated carbocycles. The minimum Gasteiger partial charge on any atom is -0.497 e. The molecule has 1 aromatic heterocycles. The second kappa shape index (κ2) is 8.39. The molecule has 0 saturated heterocycles. The molecule has 3 aromatic rings. The van der Waals surface area contributed by atoms with Crippen LogP contribution in [0, 0.1) is 11.6 Å². The quantitative estimate of drug-likeness (QED) is 0.632. The van der Waals surface area contributed by atoms with Crippen molar-refractivity contribution in [1.82, 2.24) is 14.8 Å². The first-order chi connectivity index (χ1) is 13.4. The summed E-state index contributed by atoms with van der Waals surface area (Å²) >= 11 is 1.14. The monoisotopic (exact) mass is 404 g/mol. The first kappa shape index (κ1) is 19.8. The maximum absolute atomic E-state index is 13.7. The molecule has 28 heavy (non-hydrogen) atoms. The highest BCUT2D eigenvalue weighted by Crippen LogP contribution is 2.28. The molecule has 1 heterocycles. The Hall–Kier alpha value is -2.94. The van der Waals surface area contributed by atoms with Gasteiger partial charge in [0.15, 0.2) is 11.0 Å². The van der Waals surface area contributed by atoms with Crippen LogP contribution in [0.25, 0.3) is 11.4 Å². The molecule has 0 unspecified atom stereocenters. The van der Waals surface area contributed by atoms with Crippen molar-refractivity contribution in [3.05, 3.63) is 54.1 Å². The molecular weight excluding hydrogens is 386 g/mol. The van der Waals surface area contributed by atoms with Crippen molar-refractivity contribution in [2.45, 2.75) is 17.3 Å². The SMILES string of the molecule is COc1ccc(-c2nnc(S[C@@H](C)C(=O)Nc3c(F)cccc3F)n2C)cc1. The number of nitrogens with one attached hydrogen (secondary N) is 1. The van der Waals surface area contributed by atoms with Crippen LogP contribution >= 0.6 is 11.8 Å². The zero-order chi connectivity index (χ0) is 20.3. The van der Waals surface area contributed by atoms with E-state index in [2.05, 4.69) is 15.5 Å². The molecule has 0 radical (unpaired) electrons. The van der Waals surface area contributed by atoms with Crippen molar-refractivity contribution in [1.29, 1.82) is 0 Å². The van der Waals surface area contributed by atoms with Gasteiger partial charge in [-0.1, -0.05) is 17.8 Å². The predicted octanol–water partition coefficient (Wildman–Crippen LogP) is 3.89. The largest absolute Gasteiger partial charge is 0.497 e. The highest BCUT2D eigenvalue weighted by molar-refractivity contribution is 8.00. The van der Waals surface area contributed by atoms with Gasteiger partial charge in [-0.15, -0.1) is 10.2 Å². The van der Waals surface area contributed by atoms with E-state index in [1.807, 2.05) is 24.3 Å². The predicted molar refractivity (Wildman–Crippen MR) is 103 cm³/mol. The highest BCUT2D eigenvalue weighted by Gasteiger charge is 2.21. The van der Waals surface area contributed by atoms with Crippen LogP contribution in [-0.2, 0) is 11.8 Å². The van der Waals surface area contributed by atoms with Crippen molar-refractivity contribution in [3.8, 4) is 17.1 Å². The highest BCUT2D eigenvalue weighted by atomic mass is 32.2. The number of benzene rings is 2. The van der Waals surface area contributed by atoms with Gasteiger partial charge < -0.3 is 14.6 Å². The summed E-state index contributed by atoms with van der Waals surface area (Å²) in [5.74, 6) is -0.843. The fourth-order valence-corrected chi connectivity index (χ4v) is 3.28. The molecule has 146 valence electrons. The molecule has 0 bridgehead atoms. The van der Waals surface area contributed by atoms with Crippen LogP contribution in [0.2, 0.25) is 0 Å². The summed E-state index contributed by atoms with van der Waals surface area (Å²) in [7, 11) is 3.37. The van der Waals surface area contributed by atoms with E-state index in [1.54, 1.807) is 25.6 Å². The maximum atomic E-state index is 13.7. The van der Waals surface area contributed by atoms with E-state index in [9.17, 15) is 13.6 Å². The third-order valence-corrected chi connectivity index (χ3v) is 5.18. The number of carbonyl (C=O) groups excluding carboxylic acids is 1. The van der Waals surface area contributed by atoms with E-state index >= 15 is 0 Å². The Bertz CT molecular complexity index is 972. The van der Waals surface area contributed by atoms with E-state index in [0.717, 1.165) is 35.2 Å². The fourth-order valence-electron chi connectivity index (χ4n) is 2.46. The Morgan fingerprint density at radius 2 is 1.79 bits per heavy atom. The van der Waals surface area contributed by atoms with Crippen molar-refractivity contribution >= 4 is 23.4 Å². The molecule has 0 fully saturated rings. The van der Waals surface area contributed by atoms with E-state index in [1.165, 1.54) is 6.07 Å². The van der Waals surface area contributed by atoms with Crippen LogP contribution < -0.4 is 10.1 Å². The van der Waals surface area contributed by atoms with Gasteiger partial charge in [-0.25, -0.2) is 8.78 Å². The lowest BCUT2D eigenvalue weighted by Gasteiger charge is -2.12. The Kier molecular flexibility index (Phi) is 5.93. The lowest BCUT2D eigenvalue weighted by molar-refractivity contribution is -0.115. The normalized spacial score (nSPS) is 11.9. The second-order valence-corrected chi connectivity index (χ2v) is 7.25. The average molecular weight is 404 g/mol. The first-order valence-corrected chi connectivity index (χ1v) is 9.24. The van der Waals surface area contributed by atoms with E-state index in [0.29, 0.717) is 11.0 Å². The third kappa shape index (κ3) is 4.14. The second-order valence-electron chi connectivity index (χ2n) is 5.94. The van der Waals surface area contributed by atoms with E-state index < -0.39 is 28.5 Å². The molecule has 0 aliphatic heterocycles. The number of methoxy groups -OCH3 is 1. The summed E-state index contributed by atoms with van der Waals surface area (Å²) in [5.41, 5.74) is 0.380. The van der Waals surface area contributed by atoms with Crippen LogP contribution in [0.15, 0.2) is 47.6 Å². The summed E-state index contributed by atoms with van der Waals surface area (Å²) in [6.07, 6.45) is 0. The maximum Gasteiger partial charge on any atom is 0.237 e. The van der Waals surface area contributed by atoms with Gasteiger partial charge in [0.2, 0.25) is 5.91 Å². The van der Waals surface area contributed by atoms with Gasteiger partial charge in [0.1, 0.15) is 23.1 Å². The molecule has 1 amide bonds. The lowest BCUT2D eigenvalue weighted by Crippen LogP contribution is -2.24. The lowest BCUT2D eigenvalue weighted by atomic mass is 10.2. The number of carbonyl (C=O) groups is 1. The van der Waals surface area contributed by atoms with E-state index in [4.69, 9.17) is 4.74 Å². The van der Waals surface area contributed by atoms with Gasteiger partial charge >= 0.3 is 0 Å². The smallest absolute Gasteiger partial charge is 0.237 e. The first-order valence-electron chi connectivity index (χ1n) is 8.36. The summed E-state index contributed by atoms with van der Waals surface area (Å²) in [6, 6.07) is 10.7. The van der Waals surface area contributed by atoms with Gasteiger partial charge in [0, 0.05) is 12.6 Å². The number of rotatable bonds is 6. The minimum atomic E-state index is -0.828. The van der Waals surface area contributed by atoms with Gasteiger partial charge in [-0.2, -0.15) is 0 Å². The molecule has 1 atom stereocenters. The Morgan fingerprint density at radius 3 is 2.39 bits per heavy atom. The zero-order valence-corrected chi connectivity index (χ0v) is 16.3. The minimum absolute atomic E-state index is 0.461. The summed E-state index contributed by atoms with van der Waals surface area (Å²) in [5, 5.41) is 10.4. The Balaban J connectivity index is 1.73. The molecule has 3 rings (SSSR count). The third-order valence-electron chi connectivity index (χ3n) is 4.05. The molecule has 6 nitrogen and oxygen atoms in total.